The number of ether oxygens (including phenoxy) is 1. The molecule has 7 heteroatoms. The lowest BCUT2D eigenvalue weighted by atomic mass is 9.86. The van der Waals surface area contributed by atoms with Gasteiger partial charge in [-0.05, 0) is 93.3 Å². The molecular weight excluding hydrogens is 427 g/mol. The van der Waals surface area contributed by atoms with Crippen molar-refractivity contribution in [1.82, 2.24) is 15.1 Å². The molecule has 3 saturated heterocycles. The van der Waals surface area contributed by atoms with E-state index in [9.17, 15) is 4.39 Å². The van der Waals surface area contributed by atoms with Crippen molar-refractivity contribution in [2.45, 2.75) is 50.7 Å². The van der Waals surface area contributed by atoms with Crippen molar-refractivity contribution in [3.05, 3.63) is 41.2 Å². The molecule has 4 heterocycles. The molecule has 1 aliphatic carbocycles. The molecule has 3 aliphatic heterocycles. The second kappa shape index (κ2) is 8.23. The van der Waals surface area contributed by atoms with Gasteiger partial charge in [-0.2, -0.15) is 0 Å². The summed E-state index contributed by atoms with van der Waals surface area (Å²) in [7, 11) is 0. The standard InChI is InChI=1S/C25H30ClFN4O/c26-21-3-1-18(27)12-20(21)22-4-6-24(30-29-22)28-14-17-13-25(17)7-9-31(10-8-25)15-16-11-19-2-5-23(16)32-19/h1,3-4,6,12,16-17,19,23H,2,5,7-11,13-15H2,(H,28,30)/t16?,17-,19?,23?/m0/s1. The molecule has 2 bridgehead atoms. The molecule has 4 fully saturated rings. The lowest BCUT2D eigenvalue weighted by molar-refractivity contribution is 0.0761. The number of nitrogens with zero attached hydrogens (tertiary/aromatic N) is 3. The molecule has 4 aliphatic rings. The number of aromatic nitrogens is 2. The van der Waals surface area contributed by atoms with E-state index in [1.54, 1.807) is 6.07 Å². The molecule has 1 N–H and O–H groups in total. The van der Waals surface area contributed by atoms with Crippen LogP contribution in [0.1, 0.15) is 38.5 Å². The van der Waals surface area contributed by atoms with Crippen molar-refractivity contribution in [3.8, 4) is 11.3 Å². The summed E-state index contributed by atoms with van der Waals surface area (Å²) in [5.74, 6) is 1.91. The van der Waals surface area contributed by atoms with Gasteiger partial charge in [0.05, 0.1) is 22.9 Å². The minimum absolute atomic E-state index is 0.331. The average Bonchev–Trinajstić information content (AvgIpc) is 3.10. The van der Waals surface area contributed by atoms with Gasteiger partial charge >= 0.3 is 0 Å². The predicted octanol–water partition coefficient (Wildman–Crippen LogP) is 5.02. The molecule has 5 nitrogen and oxygen atoms in total. The van der Waals surface area contributed by atoms with Crippen LogP contribution < -0.4 is 5.32 Å². The Kier molecular flexibility index (Phi) is 5.35. The Bertz CT molecular complexity index is 978. The normalized spacial score (nSPS) is 30.7. The van der Waals surface area contributed by atoms with Crippen molar-refractivity contribution >= 4 is 17.4 Å². The van der Waals surface area contributed by atoms with Crippen molar-refractivity contribution in [1.29, 1.82) is 0 Å². The monoisotopic (exact) mass is 456 g/mol. The second-order valence-corrected chi connectivity index (χ2v) is 10.6. The van der Waals surface area contributed by atoms with Crippen LogP contribution in [0.25, 0.3) is 11.3 Å². The molecular formula is C25H30ClFN4O. The van der Waals surface area contributed by atoms with Crippen LogP contribution in [0.15, 0.2) is 30.3 Å². The SMILES string of the molecule is Fc1ccc(Cl)c(-c2ccc(NC[C@@H]3CC34CCN(CC3CC5CCC3O5)CC4)nn2)c1. The van der Waals surface area contributed by atoms with E-state index in [-0.39, 0.29) is 5.82 Å². The summed E-state index contributed by atoms with van der Waals surface area (Å²) in [5, 5.41) is 12.5. The van der Waals surface area contributed by atoms with Crippen LogP contribution in [0.2, 0.25) is 5.02 Å². The Hall–Kier alpha value is -1.76. The molecule has 3 unspecified atom stereocenters. The van der Waals surface area contributed by atoms with Gasteiger partial charge in [-0.1, -0.05) is 11.6 Å². The van der Waals surface area contributed by atoms with E-state index in [0.29, 0.717) is 33.9 Å². The van der Waals surface area contributed by atoms with Gasteiger partial charge in [-0.15, -0.1) is 10.2 Å². The van der Waals surface area contributed by atoms with Crippen molar-refractivity contribution in [2.24, 2.45) is 17.3 Å². The minimum atomic E-state index is -0.331. The molecule has 0 radical (unpaired) electrons. The van der Waals surface area contributed by atoms with Crippen LogP contribution in [0.3, 0.4) is 0 Å². The largest absolute Gasteiger partial charge is 0.375 e. The van der Waals surface area contributed by atoms with Crippen LogP contribution in [0.4, 0.5) is 10.2 Å². The van der Waals surface area contributed by atoms with E-state index < -0.39 is 0 Å². The van der Waals surface area contributed by atoms with E-state index in [2.05, 4.69) is 20.4 Å². The summed E-state index contributed by atoms with van der Waals surface area (Å²) in [6.07, 6.45) is 8.87. The van der Waals surface area contributed by atoms with Gasteiger partial charge in [-0.25, -0.2) is 4.39 Å². The van der Waals surface area contributed by atoms with Gasteiger partial charge < -0.3 is 15.0 Å². The summed E-state index contributed by atoms with van der Waals surface area (Å²) in [6, 6.07) is 8.03. The summed E-state index contributed by atoms with van der Waals surface area (Å²) in [4.78, 5) is 2.69. The highest BCUT2D eigenvalue weighted by molar-refractivity contribution is 6.33. The quantitative estimate of drug-likeness (QED) is 0.661. The Morgan fingerprint density at radius 2 is 2.03 bits per heavy atom. The number of benzene rings is 1. The second-order valence-electron chi connectivity index (χ2n) is 10.2. The van der Waals surface area contributed by atoms with Gasteiger partial charge in [-0.3, -0.25) is 0 Å². The third-order valence-electron chi connectivity index (χ3n) is 8.33. The first-order chi connectivity index (χ1) is 15.6. The first kappa shape index (κ1) is 20.8. The number of piperidine rings is 1. The number of rotatable bonds is 6. The zero-order valence-corrected chi connectivity index (χ0v) is 19.0. The lowest BCUT2D eigenvalue weighted by Crippen LogP contribution is -2.40. The summed E-state index contributed by atoms with van der Waals surface area (Å²) in [5.41, 5.74) is 1.67. The molecule has 1 aromatic carbocycles. The Morgan fingerprint density at radius 3 is 2.75 bits per heavy atom. The fraction of sp³-hybridized carbons (Fsp3) is 0.600. The van der Waals surface area contributed by atoms with E-state index in [4.69, 9.17) is 16.3 Å². The number of anilines is 1. The van der Waals surface area contributed by atoms with Crippen LogP contribution in [-0.2, 0) is 4.74 Å². The lowest BCUT2D eigenvalue weighted by Gasteiger charge is -2.35. The Balaban J connectivity index is 0.981. The first-order valence-corrected chi connectivity index (χ1v) is 12.4. The molecule has 170 valence electrons. The molecule has 1 aromatic heterocycles. The molecule has 1 spiro atoms. The van der Waals surface area contributed by atoms with E-state index >= 15 is 0 Å². The van der Waals surface area contributed by atoms with Crippen molar-refractivity contribution in [2.75, 3.05) is 31.5 Å². The molecule has 0 amide bonds. The average molecular weight is 457 g/mol. The third-order valence-corrected chi connectivity index (χ3v) is 8.66. The van der Waals surface area contributed by atoms with Crippen LogP contribution in [0.5, 0.6) is 0 Å². The summed E-state index contributed by atoms with van der Waals surface area (Å²) >= 11 is 6.18. The molecule has 1 saturated carbocycles. The number of hydrogen-bond acceptors (Lipinski definition) is 5. The van der Waals surface area contributed by atoms with Gasteiger partial charge in [0.1, 0.15) is 11.6 Å². The Labute approximate surface area is 193 Å². The van der Waals surface area contributed by atoms with Gasteiger partial charge in [0, 0.05) is 24.6 Å². The number of likely N-dealkylation sites (tertiary alicyclic amines) is 1. The van der Waals surface area contributed by atoms with Crippen LogP contribution in [0, 0.1) is 23.1 Å². The first-order valence-electron chi connectivity index (χ1n) is 12.0. The fourth-order valence-corrected chi connectivity index (χ4v) is 6.49. The maximum absolute atomic E-state index is 13.5. The van der Waals surface area contributed by atoms with E-state index in [1.807, 2.05) is 12.1 Å². The van der Waals surface area contributed by atoms with Crippen LogP contribution in [-0.4, -0.2) is 53.5 Å². The minimum Gasteiger partial charge on any atom is -0.375 e. The predicted molar refractivity (Wildman–Crippen MR) is 123 cm³/mol. The zero-order valence-electron chi connectivity index (χ0n) is 18.3. The zero-order chi connectivity index (χ0) is 21.7. The number of hydrogen-bond donors (Lipinski definition) is 1. The van der Waals surface area contributed by atoms with E-state index in [0.717, 1.165) is 24.2 Å². The Morgan fingerprint density at radius 1 is 1.16 bits per heavy atom. The summed E-state index contributed by atoms with van der Waals surface area (Å²) in [6.45, 7) is 4.63. The molecule has 6 rings (SSSR count). The molecule has 2 aromatic rings. The smallest absolute Gasteiger partial charge is 0.148 e. The van der Waals surface area contributed by atoms with Gasteiger partial charge in [0.25, 0.3) is 0 Å². The topological polar surface area (TPSA) is 50.3 Å². The molecule has 4 atom stereocenters. The maximum atomic E-state index is 13.5. The van der Waals surface area contributed by atoms with Gasteiger partial charge in [0.2, 0.25) is 0 Å². The fourth-order valence-electron chi connectivity index (χ4n) is 6.27. The highest BCUT2D eigenvalue weighted by atomic mass is 35.5. The number of halogens is 2. The maximum Gasteiger partial charge on any atom is 0.148 e. The molecule has 32 heavy (non-hydrogen) atoms. The van der Waals surface area contributed by atoms with Crippen LogP contribution >= 0.6 is 11.6 Å². The van der Waals surface area contributed by atoms with Gasteiger partial charge in [0.15, 0.2) is 0 Å². The highest BCUT2D eigenvalue weighted by Gasteiger charge is 2.54. The number of nitrogens with one attached hydrogen (secondary N) is 1. The highest BCUT2D eigenvalue weighted by Crippen LogP contribution is 2.59. The third kappa shape index (κ3) is 4.02. The van der Waals surface area contributed by atoms with Crippen molar-refractivity contribution < 1.29 is 9.13 Å². The summed E-state index contributed by atoms with van der Waals surface area (Å²) < 4.78 is 19.6. The number of fused-ring (bicyclic) bond motifs is 2. The van der Waals surface area contributed by atoms with Crippen molar-refractivity contribution in [3.63, 3.8) is 0 Å². The van der Waals surface area contributed by atoms with E-state index in [1.165, 1.54) is 70.3 Å².